The number of sulfonamides is 1. The van der Waals surface area contributed by atoms with E-state index < -0.39 is 20.2 Å². The largest absolute Gasteiger partial charge is 0.281 e. The second-order valence-corrected chi connectivity index (χ2v) is 10.8. The van der Waals surface area contributed by atoms with Gasteiger partial charge in [0, 0.05) is 45.3 Å². The lowest BCUT2D eigenvalue weighted by Gasteiger charge is -2.34. The molecule has 1 fully saturated rings. The van der Waals surface area contributed by atoms with Gasteiger partial charge in [-0.1, -0.05) is 23.2 Å². The molecule has 0 N–H and O–H groups in total. The molecule has 142 valence electrons. The first-order valence-corrected chi connectivity index (χ1v) is 11.1. The fourth-order valence-corrected chi connectivity index (χ4v) is 6.30. The molecule has 0 spiro atoms. The Morgan fingerprint density at radius 3 is 1.92 bits per heavy atom. The highest BCUT2D eigenvalue weighted by molar-refractivity contribution is 7.89. The van der Waals surface area contributed by atoms with Crippen LogP contribution in [-0.4, -0.2) is 70.0 Å². The van der Waals surface area contributed by atoms with Crippen LogP contribution in [0, 0.1) is 13.8 Å². The first kappa shape index (κ1) is 20.9. The van der Waals surface area contributed by atoms with Crippen LogP contribution in [0.5, 0.6) is 0 Å². The van der Waals surface area contributed by atoms with E-state index in [2.05, 4.69) is 0 Å². The molecular formula is C14H21Cl2N3O4S2. The number of nitrogens with zero attached hydrogens (tertiary/aromatic N) is 3. The summed E-state index contributed by atoms with van der Waals surface area (Å²) in [5, 5.41) is 0.472. The Kier molecular flexibility index (Phi) is 6.10. The van der Waals surface area contributed by atoms with Gasteiger partial charge in [-0.15, -0.1) is 0 Å². The summed E-state index contributed by atoms with van der Waals surface area (Å²) < 4.78 is 54.0. The molecule has 0 atom stereocenters. The summed E-state index contributed by atoms with van der Waals surface area (Å²) in [4.78, 5) is -0.0110. The number of rotatable bonds is 4. The molecule has 7 nitrogen and oxygen atoms in total. The van der Waals surface area contributed by atoms with E-state index in [1.54, 1.807) is 19.9 Å². The SMILES string of the molecule is Cc1cc(Cl)c(C)c(S(=O)(=O)N2CCN(S(=O)(=O)N(C)C)CC2)c1Cl. The summed E-state index contributed by atoms with van der Waals surface area (Å²) >= 11 is 12.4. The van der Waals surface area contributed by atoms with E-state index in [0.29, 0.717) is 16.1 Å². The van der Waals surface area contributed by atoms with Crippen LogP contribution in [0.2, 0.25) is 10.0 Å². The molecule has 1 aliphatic heterocycles. The summed E-state index contributed by atoms with van der Waals surface area (Å²) in [7, 11) is -4.56. The Morgan fingerprint density at radius 1 is 0.960 bits per heavy atom. The monoisotopic (exact) mass is 429 g/mol. The molecule has 0 amide bonds. The number of halogens is 2. The first-order chi connectivity index (χ1) is 11.4. The van der Waals surface area contributed by atoms with Crippen molar-refractivity contribution in [3.63, 3.8) is 0 Å². The molecule has 1 heterocycles. The zero-order chi connectivity index (χ0) is 19.2. The van der Waals surface area contributed by atoms with Crippen molar-refractivity contribution < 1.29 is 16.8 Å². The molecule has 2 rings (SSSR count). The maximum absolute atomic E-state index is 13.0. The van der Waals surface area contributed by atoms with E-state index in [1.807, 2.05) is 0 Å². The van der Waals surface area contributed by atoms with E-state index in [1.165, 1.54) is 22.7 Å². The predicted molar refractivity (Wildman–Crippen MR) is 98.9 cm³/mol. The molecule has 0 bridgehead atoms. The zero-order valence-corrected chi connectivity index (χ0v) is 17.6. The van der Waals surface area contributed by atoms with Crippen LogP contribution in [0.1, 0.15) is 11.1 Å². The van der Waals surface area contributed by atoms with Gasteiger partial charge in [-0.3, -0.25) is 0 Å². The van der Waals surface area contributed by atoms with Crippen LogP contribution >= 0.6 is 23.2 Å². The minimum atomic E-state index is -3.88. The lowest BCUT2D eigenvalue weighted by molar-refractivity contribution is 0.262. The second-order valence-electron chi connectivity index (χ2n) is 6.04. The molecule has 1 aromatic carbocycles. The van der Waals surface area contributed by atoms with Gasteiger partial charge < -0.3 is 0 Å². The van der Waals surface area contributed by atoms with Crippen molar-refractivity contribution in [2.24, 2.45) is 0 Å². The van der Waals surface area contributed by atoms with Crippen molar-refractivity contribution in [1.82, 2.24) is 12.9 Å². The predicted octanol–water partition coefficient (Wildman–Crippen LogP) is 1.72. The van der Waals surface area contributed by atoms with Gasteiger partial charge in [-0.05, 0) is 31.0 Å². The summed E-state index contributed by atoms with van der Waals surface area (Å²) in [5.41, 5.74) is 0.963. The molecule has 1 aliphatic rings. The van der Waals surface area contributed by atoms with Gasteiger partial charge in [-0.2, -0.15) is 21.3 Å². The summed E-state index contributed by atoms with van der Waals surface area (Å²) in [6, 6.07) is 1.62. The molecular weight excluding hydrogens is 409 g/mol. The van der Waals surface area contributed by atoms with Gasteiger partial charge >= 0.3 is 0 Å². The van der Waals surface area contributed by atoms with Crippen LogP contribution in [0.3, 0.4) is 0 Å². The number of hydrogen-bond donors (Lipinski definition) is 0. The van der Waals surface area contributed by atoms with Gasteiger partial charge in [0.2, 0.25) is 10.0 Å². The molecule has 0 saturated carbocycles. The van der Waals surface area contributed by atoms with E-state index in [4.69, 9.17) is 23.2 Å². The summed E-state index contributed by atoms with van der Waals surface area (Å²) in [6.45, 7) is 3.56. The Hall–Kier alpha value is -0.420. The number of benzene rings is 1. The highest BCUT2D eigenvalue weighted by Crippen LogP contribution is 2.35. The lowest BCUT2D eigenvalue weighted by atomic mass is 10.2. The van der Waals surface area contributed by atoms with Crippen molar-refractivity contribution in [2.45, 2.75) is 18.7 Å². The van der Waals surface area contributed by atoms with Crippen molar-refractivity contribution in [1.29, 1.82) is 0 Å². The first-order valence-electron chi connectivity index (χ1n) is 7.53. The van der Waals surface area contributed by atoms with Crippen LogP contribution < -0.4 is 0 Å². The van der Waals surface area contributed by atoms with Crippen LogP contribution in [0.25, 0.3) is 0 Å². The van der Waals surface area contributed by atoms with E-state index in [9.17, 15) is 16.8 Å². The van der Waals surface area contributed by atoms with Gasteiger partial charge in [0.15, 0.2) is 0 Å². The van der Waals surface area contributed by atoms with Crippen LogP contribution in [-0.2, 0) is 20.2 Å². The maximum atomic E-state index is 13.0. The fraction of sp³-hybridized carbons (Fsp3) is 0.571. The lowest BCUT2D eigenvalue weighted by Crippen LogP contribution is -2.53. The number of piperazine rings is 1. The van der Waals surface area contributed by atoms with E-state index in [-0.39, 0.29) is 36.1 Å². The molecule has 0 aliphatic carbocycles. The highest BCUT2D eigenvalue weighted by atomic mass is 35.5. The molecule has 11 heteroatoms. The van der Waals surface area contributed by atoms with Crippen molar-refractivity contribution >= 4 is 43.4 Å². The Balaban J connectivity index is 2.33. The van der Waals surface area contributed by atoms with E-state index in [0.717, 1.165) is 4.31 Å². The topological polar surface area (TPSA) is 78.0 Å². The maximum Gasteiger partial charge on any atom is 0.281 e. The quantitative estimate of drug-likeness (QED) is 0.729. The van der Waals surface area contributed by atoms with Crippen LogP contribution in [0.4, 0.5) is 0 Å². The molecule has 1 aromatic rings. The average Bonchev–Trinajstić information content (AvgIpc) is 2.53. The molecule has 1 saturated heterocycles. The van der Waals surface area contributed by atoms with Gasteiger partial charge in [-0.25, -0.2) is 8.42 Å². The summed E-state index contributed by atoms with van der Waals surface area (Å²) in [6.07, 6.45) is 0. The van der Waals surface area contributed by atoms with E-state index >= 15 is 0 Å². The van der Waals surface area contributed by atoms with Crippen LogP contribution in [0.15, 0.2) is 11.0 Å². The number of hydrogen-bond acceptors (Lipinski definition) is 4. The van der Waals surface area contributed by atoms with Crippen molar-refractivity contribution in [3.05, 3.63) is 27.2 Å². The van der Waals surface area contributed by atoms with Gasteiger partial charge in [0.1, 0.15) is 4.90 Å². The van der Waals surface area contributed by atoms with Crippen molar-refractivity contribution in [3.8, 4) is 0 Å². The summed E-state index contributed by atoms with van der Waals surface area (Å²) in [5.74, 6) is 0. The fourth-order valence-electron chi connectivity index (χ4n) is 2.62. The Labute approximate surface area is 159 Å². The zero-order valence-electron chi connectivity index (χ0n) is 14.5. The average molecular weight is 430 g/mol. The third-order valence-electron chi connectivity index (χ3n) is 4.17. The smallest absolute Gasteiger partial charge is 0.207 e. The minimum absolute atomic E-state index is 0.0110. The van der Waals surface area contributed by atoms with Gasteiger partial charge in [0.25, 0.3) is 10.2 Å². The molecule has 0 unspecified atom stereocenters. The highest BCUT2D eigenvalue weighted by Gasteiger charge is 2.36. The Bertz CT molecular complexity index is 852. The third-order valence-corrected chi connectivity index (χ3v) is 9.17. The Morgan fingerprint density at radius 2 is 1.44 bits per heavy atom. The van der Waals surface area contributed by atoms with Crippen molar-refractivity contribution in [2.75, 3.05) is 40.3 Å². The standard InChI is InChI=1S/C14H21Cl2N3O4S2/c1-10-9-12(15)11(2)14(13(10)16)24(20,21)18-5-7-19(8-6-18)25(22,23)17(3)4/h9H,5-8H2,1-4H3. The third kappa shape index (κ3) is 3.83. The molecule has 0 aromatic heterocycles. The second kappa shape index (κ2) is 7.30. The minimum Gasteiger partial charge on any atom is -0.207 e. The molecule has 25 heavy (non-hydrogen) atoms. The normalized spacial score (nSPS) is 18.0. The molecule has 0 radical (unpaired) electrons. The van der Waals surface area contributed by atoms with Gasteiger partial charge in [0.05, 0.1) is 5.02 Å². The number of aryl methyl sites for hydroxylation is 1.